The molecular weight excluding hydrogens is 330 g/mol. The van der Waals surface area contributed by atoms with Gasteiger partial charge in [-0.2, -0.15) is 0 Å². The first-order chi connectivity index (χ1) is 12.4. The number of nitrogens with one attached hydrogen (secondary N) is 2. The molecule has 0 saturated carbocycles. The van der Waals surface area contributed by atoms with Crippen molar-refractivity contribution in [1.29, 1.82) is 0 Å². The van der Waals surface area contributed by atoms with E-state index >= 15 is 0 Å². The lowest BCUT2D eigenvalue weighted by molar-refractivity contribution is -0.124. The van der Waals surface area contributed by atoms with E-state index in [-0.39, 0.29) is 23.8 Å². The Bertz CT molecular complexity index is 747. The van der Waals surface area contributed by atoms with Gasteiger partial charge in [0, 0.05) is 6.20 Å². The second kappa shape index (κ2) is 8.99. The van der Waals surface area contributed by atoms with Gasteiger partial charge in [0.25, 0.3) is 5.91 Å². The van der Waals surface area contributed by atoms with Crippen LogP contribution in [0.4, 0.5) is 0 Å². The van der Waals surface area contributed by atoms with Gasteiger partial charge in [0.05, 0.1) is 24.4 Å². The highest BCUT2D eigenvalue weighted by Crippen LogP contribution is 2.18. The topological polar surface area (TPSA) is 80.3 Å². The molecule has 0 saturated heterocycles. The van der Waals surface area contributed by atoms with Crippen molar-refractivity contribution >= 4 is 11.8 Å². The fourth-order valence-electron chi connectivity index (χ4n) is 2.60. The Hall–Kier alpha value is -2.89. The summed E-state index contributed by atoms with van der Waals surface area (Å²) in [5, 5.41) is 5.73. The molecule has 2 N–H and O–H groups in total. The molecule has 1 heterocycles. The third kappa shape index (κ3) is 4.81. The maximum absolute atomic E-state index is 12.7. The van der Waals surface area contributed by atoms with Gasteiger partial charge < -0.3 is 15.4 Å². The van der Waals surface area contributed by atoms with Gasteiger partial charge in [-0.3, -0.25) is 14.6 Å². The molecule has 0 radical (unpaired) electrons. The highest BCUT2D eigenvalue weighted by atomic mass is 16.5. The number of pyridine rings is 1. The van der Waals surface area contributed by atoms with Crippen LogP contribution in [0.15, 0.2) is 48.7 Å². The van der Waals surface area contributed by atoms with Crippen LogP contribution >= 0.6 is 0 Å². The van der Waals surface area contributed by atoms with E-state index in [9.17, 15) is 9.59 Å². The number of hydrogen-bond acceptors (Lipinski definition) is 4. The van der Waals surface area contributed by atoms with E-state index in [1.165, 1.54) is 7.11 Å². The maximum Gasteiger partial charge on any atom is 0.255 e. The van der Waals surface area contributed by atoms with Crippen LogP contribution < -0.4 is 15.4 Å². The van der Waals surface area contributed by atoms with Crippen molar-refractivity contribution in [2.75, 3.05) is 7.11 Å². The van der Waals surface area contributed by atoms with Gasteiger partial charge in [0.2, 0.25) is 5.91 Å². The van der Waals surface area contributed by atoms with Crippen LogP contribution in [0.2, 0.25) is 0 Å². The monoisotopic (exact) mass is 355 g/mol. The van der Waals surface area contributed by atoms with E-state index in [0.717, 1.165) is 5.69 Å². The second-order valence-corrected chi connectivity index (χ2v) is 6.38. The summed E-state index contributed by atoms with van der Waals surface area (Å²) in [6.45, 7) is 5.63. The zero-order valence-corrected chi connectivity index (χ0v) is 15.5. The van der Waals surface area contributed by atoms with E-state index < -0.39 is 6.04 Å². The number of amides is 2. The van der Waals surface area contributed by atoms with Crippen LogP contribution in [0.1, 0.15) is 42.9 Å². The van der Waals surface area contributed by atoms with Gasteiger partial charge in [-0.15, -0.1) is 0 Å². The quantitative estimate of drug-likeness (QED) is 0.800. The Balaban J connectivity index is 2.10. The lowest BCUT2D eigenvalue weighted by atomic mass is 10.0. The molecule has 2 rings (SSSR count). The number of nitrogens with zero attached hydrogens (tertiary/aromatic N) is 1. The van der Waals surface area contributed by atoms with Crippen LogP contribution in [-0.2, 0) is 4.79 Å². The SMILES string of the molecule is COc1ccccc1C(=O)NC(C(=O)NC(C)c1ccccn1)C(C)C. The smallest absolute Gasteiger partial charge is 0.255 e. The van der Waals surface area contributed by atoms with Gasteiger partial charge in [-0.05, 0) is 37.1 Å². The van der Waals surface area contributed by atoms with E-state index in [2.05, 4.69) is 15.6 Å². The number of rotatable bonds is 7. The molecule has 26 heavy (non-hydrogen) atoms. The second-order valence-electron chi connectivity index (χ2n) is 6.38. The van der Waals surface area contributed by atoms with Crippen LogP contribution in [0.25, 0.3) is 0 Å². The van der Waals surface area contributed by atoms with E-state index in [4.69, 9.17) is 4.74 Å². The molecule has 6 nitrogen and oxygen atoms in total. The number of ether oxygens (including phenoxy) is 1. The largest absolute Gasteiger partial charge is 0.496 e. The number of methoxy groups -OCH3 is 1. The number of hydrogen-bond donors (Lipinski definition) is 2. The molecule has 1 aromatic heterocycles. The van der Waals surface area contributed by atoms with Crippen molar-refractivity contribution in [2.45, 2.75) is 32.9 Å². The van der Waals surface area contributed by atoms with Gasteiger partial charge in [0.15, 0.2) is 0 Å². The highest BCUT2D eigenvalue weighted by Gasteiger charge is 2.27. The number of benzene rings is 1. The van der Waals surface area contributed by atoms with E-state index in [1.807, 2.05) is 39.0 Å². The van der Waals surface area contributed by atoms with Crippen molar-refractivity contribution in [3.63, 3.8) is 0 Å². The zero-order valence-electron chi connectivity index (χ0n) is 15.5. The minimum atomic E-state index is -0.668. The van der Waals surface area contributed by atoms with Crippen molar-refractivity contribution < 1.29 is 14.3 Å². The molecule has 2 amide bonds. The minimum absolute atomic E-state index is 0.0791. The summed E-state index contributed by atoms with van der Waals surface area (Å²) in [5.41, 5.74) is 1.16. The van der Waals surface area contributed by atoms with Crippen LogP contribution in [0.5, 0.6) is 5.75 Å². The minimum Gasteiger partial charge on any atom is -0.496 e. The lowest BCUT2D eigenvalue weighted by Crippen LogP contribution is -2.50. The maximum atomic E-state index is 12.7. The summed E-state index contributed by atoms with van der Waals surface area (Å²) in [6.07, 6.45) is 1.68. The average Bonchev–Trinajstić information content (AvgIpc) is 2.66. The Morgan fingerprint density at radius 2 is 1.69 bits per heavy atom. The molecule has 2 atom stereocenters. The third-order valence-corrected chi connectivity index (χ3v) is 4.08. The zero-order chi connectivity index (χ0) is 19.1. The molecule has 0 fully saturated rings. The molecule has 0 bridgehead atoms. The Labute approximate surface area is 154 Å². The predicted molar refractivity (Wildman–Crippen MR) is 99.9 cm³/mol. The summed E-state index contributed by atoms with van der Waals surface area (Å²) in [4.78, 5) is 29.6. The predicted octanol–water partition coefficient (Wildman–Crippen LogP) is 2.72. The van der Waals surface area contributed by atoms with Crippen LogP contribution in [0, 0.1) is 5.92 Å². The average molecular weight is 355 g/mol. The summed E-state index contributed by atoms with van der Waals surface area (Å²) in [5.74, 6) is -0.206. The molecule has 138 valence electrons. The summed E-state index contributed by atoms with van der Waals surface area (Å²) in [7, 11) is 1.51. The van der Waals surface area contributed by atoms with E-state index in [1.54, 1.807) is 30.5 Å². The first-order valence-electron chi connectivity index (χ1n) is 8.59. The Morgan fingerprint density at radius 3 is 2.31 bits per heavy atom. The first-order valence-corrected chi connectivity index (χ1v) is 8.59. The summed E-state index contributed by atoms with van der Waals surface area (Å²) < 4.78 is 5.22. The summed E-state index contributed by atoms with van der Waals surface area (Å²) in [6, 6.07) is 11.5. The highest BCUT2D eigenvalue weighted by molar-refractivity contribution is 5.99. The van der Waals surface area contributed by atoms with Crippen molar-refractivity contribution in [1.82, 2.24) is 15.6 Å². The molecule has 0 aliphatic carbocycles. The molecule has 0 spiro atoms. The fourth-order valence-corrected chi connectivity index (χ4v) is 2.60. The molecule has 0 aliphatic rings. The fraction of sp³-hybridized carbons (Fsp3) is 0.350. The number of para-hydroxylation sites is 1. The molecule has 2 aromatic rings. The standard InChI is InChI=1S/C20H25N3O3/c1-13(2)18(20(25)22-14(3)16-10-7-8-12-21-16)23-19(24)15-9-5-6-11-17(15)26-4/h5-14,18H,1-4H3,(H,22,25)(H,23,24). The van der Waals surface area contributed by atoms with Gasteiger partial charge in [-0.25, -0.2) is 0 Å². The van der Waals surface area contributed by atoms with Crippen LogP contribution in [-0.4, -0.2) is 29.9 Å². The van der Waals surface area contributed by atoms with E-state index in [0.29, 0.717) is 11.3 Å². The van der Waals surface area contributed by atoms with Crippen LogP contribution in [0.3, 0.4) is 0 Å². The molecule has 2 unspecified atom stereocenters. The Kier molecular flexibility index (Phi) is 6.72. The first kappa shape index (κ1) is 19.4. The molecule has 1 aromatic carbocycles. The number of carbonyl (C=O) groups excluding carboxylic acids is 2. The van der Waals surface area contributed by atoms with Gasteiger partial charge >= 0.3 is 0 Å². The molecular formula is C20H25N3O3. The lowest BCUT2D eigenvalue weighted by Gasteiger charge is -2.24. The van der Waals surface area contributed by atoms with Crippen molar-refractivity contribution in [3.05, 3.63) is 59.9 Å². The molecule has 0 aliphatic heterocycles. The van der Waals surface area contributed by atoms with Gasteiger partial charge in [-0.1, -0.05) is 32.0 Å². The number of aromatic nitrogens is 1. The van der Waals surface area contributed by atoms with Gasteiger partial charge in [0.1, 0.15) is 11.8 Å². The number of carbonyl (C=O) groups is 2. The Morgan fingerprint density at radius 1 is 1.00 bits per heavy atom. The summed E-state index contributed by atoms with van der Waals surface area (Å²) >= 11 is 0. The van der Waals surface area contributed by atoms with Crippen molar-refractivity contribution in [3.8, 4) is 5.75 Å². The molecule has 6 heteroatoms. The normalized spacial score (nSPS) is 13.0. The third-order valence-electron chi connectivity index (χ3n) is 4.08. The van der Waals surface area contributed by atoms with Crippen molar-refractivity contribution in [2.24, 2.45) is 5.92 Å².